The second-order valence-electron chi connectivity index (χ2n) is 5.24. The molecule has 0 aliphatic carbocycles. The smallest absolute Gasteiger partial charge is 0.109 e. The summed E-state index contributed by atoms with van der Waals surface area (Å²) in [4.78, 5) is 1.99. The molecule has 1 nitrogen and oxygen atoms in total. The van der Waals surface area contributed by atoms with Gasteiger partial charge in [0.05, 0.1) is 6.17 Å². The van der Waals surface area contributed by atoms with Gasteiger partial charge in [-0.1, -0.05) is 6.92 Å². The number of alkyl halides is 2. The fourth-order valence-electron chi connectivity index (χ4n) is 1.81. The van der Waals surface area contributed by atoms with E-state index in [1.54, 1.807) is 20.8 Å². The Balaban J connectivity index is 4.39. The Morgan fingerprint density at radius 2 is 1.60 bits per heavy atom. The molecule has 3 heteroatoms. The molecule has 0 aliphatic rings. The summed E-state index contributed by atoms with van der Waals surface area (Å²) >= 11 is 0. The number of nitrogens with zero attached hydrogens (tertiary/aromatic N) is 1. The van der Waals surface area contributed by atoms with Crippen LogP contribution in [-0.4, -0.2) is 36.9 Å². The minimum Gasteiger partial charge on any atom is -0.306 e. The highest BCUT2D eigenvalue weighted by atomic mass is 19.1. The van der Waals surface area contributed by atoms with Gasteiger partial charge in [-0.05, 0) is 47.7 Å². The van der Waals surface area contributed by atoms with Crippen LogP contribution in [0.25, 0.3) is 0 Å². The van der Waals surface area contributed by atoms with Crippen molar-refractivity contribution in [1.29, 1.82) is 0 Å². The molecule has 0 aliphatic heterocycles. The summed E-state index contributed by atoms with van der Waals surface area (Å²) < 4.78 is 26.6. The lowest BCUT2D eigenvalue weighted by Crippen LogP contribution is -2.42. The number of hydrogen-bond donors (Lipinski definition) is 0. The standard InChI is InChI=1S/C12H25F2N/c1-9(13)7-8-11(15(5)6)10(2)12(3,4)14/h9-11H,7-8H2,1-6H3/t9-,10-,11-/m0/s1. The molecule has 0 fully saturated rings. The quantitative estimate of drug-likeness (QED) is 0.664. The molecule has 0 bridgehead atoms. The molecule has 92 valence electrons. The Labute approximate surface area is 92.8 Å². The maximum atomic E-state index is 13.8. The molecule has 0 spiro atoms. The molecule has 0 saturated heterocycles. The minimum absolute atomic E-state index is 0.0914. The van der Waals surface area contributed by atoms with Crippen LogP contribution < -0.4 is 0 Å². The van der Waals surface area contributed by atoms with Gasteiger partial charge in [-0.25, -0.2) is 8.78 Å². The van der Waals surface area contributed by atoms with Crippen LogP contribution in [0, 0.1) is 5.92 Å². The van der Waals surface area contributed by atoms with Crippen molar-refractivity contribution in [2.45, 2.75) is 58.4 Å². The zero-order valence-corrected chi connectivity index (χ0v) is 10.8. The molecule has 0 unspecified atom stereocenters. The van der Waals surface area contributed by atoms with Gasteiger partial charge < -0.3 is 4.90 Å². The largest absolute Gasteiger partial charge is 0.306 e. The van der Waals surface area contributed by atoms with Gasteiger partial charge >= 0.3 is 0 Å². The Hall–Kier alpha value is -0.180. The average molecular weight is 221 g/mol. The summed E-state index contributed by atoms with van der Waals surface area (Å²) in [5, 5.41) is 0. The number of halogens is 2. The normalized spacial score (nSPS) is 19.0. The van der Waals surface area contributed by atoms with Crippen LogP contribution in [0.5, 0.6) is 0 Å². The van der Waals surface area contributed by atoms with Crippen molar-refractivity contribution in [3.05, 3.63) is 0 Å². The van der Waals surface area contributed by atoms with Crippen molar-refractivity contribution >= 4 is 0 Å². The predicted molar refractivity (Wildman–Crippen MR) is 61.6 cm³/mol. The summed E-state index contributed by atoms with van der Waals surface area (Å²) in [6.45, 7) is 6.63. The van der Waals surface area contributed by atoms with Gasteiger partial charge in [-0.2, -0.15) is 0 Å². The lowest BCUT2D eigenvalue weighted by atomic mass is 9.84. The van der Waals surface area contributed by atoms with Gasteiger partial charge in [0, 0.05) is 12.0 Å². The topological polar surface area (TPSA) is 3.24 Å². The fourth-order valence-corrected chi connectivity index (χ4v) is 1.81. The highest BCUT2D eigenvalue weighted by Crippen LogP contribution is 2.28. The van der Waals surface area contributed by atoms with Gasteiger partial charge in [0.25, 0.3) is 0 Å². The molecule has 0 aromatic heterocycles. The third kappa shape index (κ3) is 5.45. The van der Waals surface area contributed by atoms with Gasteiger partial charge in [0.15, 0.2) is 0 Å². The highest BCUT2D eigenvalue weighted by Gasteiger charge is 2.33. The second kappa shape index (κ2) is 5.78. The summed E-state index contributed by atoms with van der Waals surface area (Å²) in [7, 11) is 3.85. The first kappa shape index (κ1) is 14.8. The molecule has 0 heterocycles. The molecule has 15 heavy (non-hydrogen) atoms. The molecule has 0 radical (unpaired) electrons. The maximum absolute atomic E-state index is 13.8. The van der Waals surface area contributed by atoms with Gasteiger partial charge in [-0.3, -0.25) is 0 Å². The molecule has 0 rings (SSSR count). The molecule has 0 saturated carbocycles. The minimum atomic E-state index is -1.21. The SMILES string of the molecule is C[C@H](F)CC[C@@H]([C@H](C)C(C)(C)F)N(C)C. The van der Waals surface area contributed by atoms with Crippen LogP contribution in [0.3, 0.4) is 0 Å². The van der Waals surface area contributed by atoms with E-state index in [9.17, 15) is 8.78 Å². The number of rotatable bonds is 6. The van der Waals surface area contributed by atoms with E-state index in [4.69, 9.17) is 0 Å². The Bertz CT molecular complexity index is 173. The van der Waals surface area contributed by atoms with E-state index >= 15 is 0 Å². The molecule has 0 N–H and O–H groups in total. The average Bonchev–Trinajstić information content (AvgIpc) is 2.01. The zero-order valence-electron chi connectivity index (χ0n) is 10.8. The van der Waals surface area contributed by atoms with E-state index in [2.05, 4.69) is 0 Å². The number of hydrogen-bond acceptors (Lipinski definition) is 1. The van der Waals surface area contributed by atoms with Crippen molar-refractivity contribution in [1.82, 2.24) is 4.90 Å². The van der Waals surface area contributed by atoms with Crippen LogP contribution >= 0.6 is 0 Å². The monoisotopic (exact) mass is 221 g/mol. The van der Waals surface area contributed by atoms with Gasteiger partial charge in [0.2, 0.25) is 0 Å². The summed E-state index contributed by atoms with van der Waals surface area (Å²) in [6.07, 6.45) is 0.407. The van der Waals surface area contributed by atoms with Crippen LogP contribution in [-0.2, 0) is 0 Å². The Morgan fingerprint density at radius 1 is 1.13 bits per heavy atom. The Morgan fingerprint density at radius 3 is 1.87 bits per heavy atom. The van der Waals surface area contributed by atoms with E-state index in [-0.39, 0.29) is 12.0 Å². The molecular formula is C12H25F2N. The van der Waals surface area contributed by atoms with Crippen LogP contribution in [0.1, 0.15) is 40.5 Å². The predicted octanol–water partition coefficient (Wildman–Crippen LogP) is 3.44. The first-order valence-electron chi connectivity index (χ1n) is 5.65. The summed E-state index contributed by atoms with van der Waals surface area (Å²) in [5.41, 5.74) is -1.21. The van der Waals surface area contributed by atoms with E-state index in [0.29, 0.717) is 12.8 Å². The lowest BCUT2D eigenvalue weighted by molar-refractivity contribution is 0.0599. The van der Waals surface area contributed by atoms with Gasteiger partial charge in [-0.15, -0.1) is 0 Å². The molecular weight excluding hydrogens is 196 g/mol. The highest BCUT2D eigenvalue weighted by molar-refractivity contribution is 4.85. The fraction of sp³-hybridized carbons (Fsp3) is 1.00. The maximum Gasteiger partial charge on any atom is 0.109 e. The lowest BCUT2D eigenvalue weighted by Gasteiger charge is -2.36. The van der Waals surface area contributed by atoms with Crippen LogP contribution in [0.15, 0.2) is 0 Å². The Kier molecular flexibility index (Phi) is 5.71. The van der Waals surface area contributed by atoms with Gasteiger partial charge in [0.1, 0.15) is 5.67 Å². The molecule has 0 aromatic rings. The van der Waals surface area contributed by atoms with Crippen LogP contribution in [0.2, 0.25) is 0 Å². The third-order valence-electron chi connectivity index (χ3n) is 3.18. The summed E-state index contributed by atoms with van der Waals surface area (Å²) in [6, 6.07) is 0.100. The van der Waals surface area contributed by atoms with Crippen molar-refractivity contribution in [2.75, 3.05) is 14.1 Å². The van der Waals surface area contributed by atoms with E-state index in [0.717, 1.165) is 0 Å². The van der Waals surface area contributed by atoms with E-state index < -0.39 is 11.8 Å². The van der Waals surface area contributed by atoms with Crippen molar-refractivity contribution < 1.29 is 8.78 Å². The van der Waals surface area contributed by atoms with Crippen LogP contribution in [0.4, 0.5) is 8.78 Å². The molecule has 3 atom stereocenters. The van der Waals surface area contributed by atoms with Crippen molar-refractivity contribution in [2.24, 2.45) is 5.92 Å². The third-order valence-corrected chi connectivity index (χ3v) is 3.18. The first-order valence-corrected chi connectivity index (χ1v) is 5.65. The van der Waals surface area contributed by atoms with Crippen molar-refractivity contribution in [3.8, 4) is 0 Å². The molecule has 0 aromatic carbocycles. The first-order chi connectivity index (χ1) is 6.66. The zero-order chi connectivity index (χ0) is 12.2. The van der Waals surface area contributed by atoms with E-state index in [1.165, 1.54) is 0 Å². The summed E-state index contributed by atoms with van der Waals surface area (Å²) in [5.74, 6) is -0.0914. The van der Waals surface area contributed by atoms with E-state index in [1.807, 2.05) is 25.9 Å². The molecule has 0 amide bonds. The van der Waals surface area contributed by atoms with Crippen molar-refractivity contribution in [3.63, 3.8) is 0 Å². The second-order valence-corrected chi connectivity index (χ2v) is 5.24.